The Balaban J connectivity index is 1.85. The fraction of sp³-hybridized carbons (Fsp3) is 0.0435. The third-order valence-electron chi connectivity index (χ3n) is 4.70. The third-order valence-corrected chi connectivity index (χ3v) is 4.70. The number of amides is 1. The van der Waals surface area contributed by atoms with Crippen LogP contribution in [0.4, 0.5) is 14.5 Å². The van der Waals surface area contributed by atoms with Gasteiger partial charge >= 0.3 is 0 Å². The summed E-state index contributed by atoms with van der Waals surface area (Å²) in [6, 6.07) is 16.3. The van der Waals surface area contributed by atoms with Gasteiger partial charge in [0.25, 0.3) is 11.5 Å². The van der Waals surface area contributed by atoms with Crippen LogP contribution in [0.5, 0.6) is 5.75 Å². The number of halogens is 2. The molecule has 4 aromatic rings. The van der Waals surface area contributed by atoms with E-state index < -0.39 is 17.5 Å². The van der Waals surface area contributed by atoms with Gasteiger partial charge in [0, 0.05) is 28.7 Å². The molecule has 30 heavy (non-hydrogen) atoms. The predicted octanol–water partition coefficient (Wildman–Crippen LogP) is 4.53. The molecule has 1 N–H and O–H groups in total. The Morgan fingerprint density at radius 1 is 0.967 bits per heavy atom. The normalized spacial score (nSPS) is 10.8. The van der Waals surface area contributed by atoms with Gasteiger partial charge in [0.2, 0.25) is 0 Å². The molecular weight excluding hydrogens is 390 g/mol. The van der Waals surface area contributed by atoms with Crippen LogP contribution in [0.2, 0.25) is 0 Å². The third kappa shape index (κ3) is 3.53. The standard InChI is InChI=1S/C23H16F2N2O3/c1-30-16-9-7-15(8-10-16)27-13-19(17-4-2-3-5-18(17)23(27)29)22(28)26-21-11-6-14(24)12-20(21)25/h2-13H,1H3,(H,26,28). The van der Waals surface area contributed by atoms with Crippen molar-refractivity contribution in [2.24, 2.45) is 0 Å². The number of nitrogens with one attached hydrogen (secondary N) is 1. The van der Waals surface area contributed by atoms with E-state index in [1.807, 2.05) is 0 Å². The Morgan fingerprint density at radius 2 is 1.67 bits per heavy atom. The molecule has 7 heteroatoms. The molecule has 0 atom stereocenters. The lowest BCUT2D eigenvalue weighted by Gasteiger charge is -2.13. The van der Waals surface area contributed by atoms with Crippen LogP contribution in [0, 0.1) is 11.6 Å². The number of benzene rings is 3. The number of fused-ring (bicyclic) bond motifs is 1. The number of hydrogen-bond donors (Lipinski definition) is 1. The van der Waals surface area contributed by atoms with Gasteiger partial charge in [-0.1, -0.05) is 18.2 Å². The average molecular weight is 406 g/mol. The van der Waals surface area contributed by atoms with Crippen molar-refractivity contribution in [2.75, 3.05) is 12.4 Å². The molecule has 1 heterocycles. The SMILES string of the molecule is COc1ccc(-n2cc(C(=O)Nc3ccc(F)cc3F)c3ccccc3c2=O)cc1. The van der Waals surface area contributed by atoms with Gasteiger partial charge < -0.3 is 10.1 Å². The number of aromatic nitrogens is 1. The maximum Gasteiger partial charge on any atom is 0.262 e. The molecule has 3 aromatic carbocycles. The van der Waals surface area contributed by atoms with Crippen LogP contribution < -0.4 is 15.6 Å². The zero-order valence-corrected chi connectivity index (χ0v) is 15.9. The van der Waals surface area contributed by atoms with E-state index in [9.17, 15) is 18.4 Å². The van der Waals surface area contributed by atoms with Crippen LogP contribution in [0.3, 0.4) is 0 Å². The maximum absolute atomic E-state index is 14.0. The van der Waals surface area contributed by atoms with Gasteiger partial charge in [-0.3, -0.25) is 14.2 Å². The molecule has 5 nitrogen and oxygen atoms in total. The number of carbonyl (C=O) groups excluding carboxylic acids is 1. The fourth-order valence-electron chi connectivity index (χ4n) is 3.19. The van der Waals surface area contributed by atoms with Crippen molar-refractivity contribution in [1.29, 1.82) is 0 Å². The second kappa shape index (κ2) is 7.79. The molecule has 0 fully saturated rings. The summed E-state index contributed by atoms with van der Waals surface area (Å²) in [7, 11) is 1.54. The largest absolute Gasteiger partial charge is 0.497 e. The van der Waals surface area contributed by atoms with E-state index in [0.717, 1.165) is 12.1 Å². The minimum absolute atomic E-state index is 0.160. The first-order valence-corrected chi connectivity index (χ1v) is 9.03. The molecule has 0 radical (unpaired) electrons. The Hall–Kier alpha value is -4.00. The predicted molar refractivity (Wildman–Crippen MR) is 110 cm³/mol. The Morgan fingerprint density at radius 3 is 2.33 bits per heavy atom. The quantitative estimate of drug-likeness (QED) is 0.542. The lowest BCUT2D eigenvalue weighted by Crippen LogP contribution is -2.23. The van der Waals surface area contributed by atoms with Gasteiger partial charge in [-0.25, -0.2) is 8.78 Å². The van der Waals surface area contributed by atoms with Gasteiger partial charge in [-0.2, -0.15) is 0 Å². The molecular formula is C23H16F2N2O3. The van der Waals surface area contributed by atoms with Crippen molar-refractivity contribution in [3.05, 3.63) is 100 Å². The van der Waals surface area contributed by atoms with Crippen LogP contribution in [0.15, 0.2) is 77.7 Å². The first-order chi connectivity index (χ1) is 14.5. The molecule has 4 rings (SSSR count). The number of pyridine rings is 1. The zero-order chi connectivity index (χ0) is 21.3. The highest BCUT2D eigenvalue weighted by Crippen LogP contribution is 2.22. The monoisotopic (exact) mass is 406 g/mol. The lowest BCUT2D eigenvalue weighted by molar-refractivity contribution is 0.102. The highest BCUT2D eigenvalue weighted by molar-refractivity contribution is 6.12. The maximum atomic E-state index is 14.0. The Kier molecular flexibility index (Phi) is 5.02. The highest BCUT2D eigenvalue weighted by Gasteiger charge is 2.17. The minimum atomic E-state index is -0.892. The average Bonchev–Trinajstić information content (AvgIpc) is 2.76. The summed E-state index contributed by atoms with van der Waals surface area (Å²) in [6.07, 6.45) is 1.41. The van der Waals surface area contributed by atoms with Gasteiger partial charge in [-0.05, 0) is 42.5 Å². The van der Waals surface area contributed by atoms with Crippen LogP contribution >= 0.6 is 0 Å². The fourth-order valence-corrected chi connectivity index (χ4v) is 3.19. The summed E-state index contributed by atoms with van der Waals surface area (Å²) in [4.78, 5) is 26.0. The summed E-state index contributed by atoms with van der Waals surface area (Å²) in [5.41, 5.74) is 0.242. The molecule has 0 saturated heterocycles. The van der Waals surface area contributed by atoms with Crippen molar-refractivity contribution in [3.63, 3.8) is 0 Å². The van der Waals surface area contributed by atoms with Crippen molar-refractivity contribution in [3.8, 4) is 11.4 Å². The molecule has 0 aliphatic rings. The molecule has 0 aliphatic carbocycles. The second-order valence-corrected chi connectivity index (χ2v) is 6.54. The van der Waals surface area contributed by atoms with Crippen LogP contribution in [0.25, 0.3) is 16.5 Å². The Bertz CT molecular complexity index is 1310. The van der Waals surface area contributed by atoms with E-state index in [4.69, 9.17) is 4.74 Å². The van der Waals surface area contributed by atoms with E-state index in [-0.39, 0.29) is 16.8 Å². The highest BCUT2D eigenvalue weighted by atomic mass is 19.1. The van der Waals surface area contributed by atoms with E-state index in [0.29, 0.717) is 28.3 Å². The number of ether oxygens (including phenoxy) is 1. The zero-order valence-electron chi connectivity index (χ0n) is 15.9. The molecule has 0 aliphatic heterocycles. The summed E-state index contributed by atoms with van der Waals surface area (Å²) >= 11 is 0. The lowest BCUT2D eigenvalue weighted by atomic mass is 10.1. The first-order valence-electron chi connectivity index (χ1n) is 9.03. The molecule has 150 valence electrons. The second-order valence-electron chi connectivity index (χ2n) is 6.54. The van der Waals surface area contributed by atoms with E-state index in [1.54, 1.807) is 48.5 Å². The molecule has 0 spiro atoms. The van der Waals surface area contributed by atoms with Crippen molar-refractivity contribution in [2.45, 2.75) is 0 Å². The van der Waals surface area contributed by atoms with Crippen molar-refractivity contribution < 1.29 is 18.3 Å². The molecule has 1 aromatic heterocycles. The number of nitrogens with zero attached hydrogens (tertiary/aromatic N) is 1. The van der Waals surface area contributed by atoms with Gasteiger partial charge in [-0.15, -0.1) is 0 Å². The number of rotatable bonds is 4. The molecule has 0 unspecified atom stereocenters. The van der Waals surface area contributed by atoms with Gasteiger partial charge in [0.15, 0.2) is 0 Å². The first kappa shape index (κ1) is 19.3. The van der Waals surface area contributed by atoms with E-state index in [1.165, 1.54) is 17.9 Å². The number of methoxy groups -OCH3 is 1. The number of anilines is 1. The minimum Gasteiger partial charge on any atom is -0.497 e. The van der Waals surface area contributed by atoms with Crippen molar-refractivity contribution in [1.82, 2.24) is 4.57 Å². The van der Waals surface area contributed by atoms with Crippen LogP contribution in [-0.2, 0) is 0 Å². The van der Waals surface area contributed by atoms with Gasteiger partial charge in [0.05, 0.1) is 18.4 Å². The number of hydrogen-bond acceptors (Lipinski definition) is 3. The topological polar surface area (TPSA) is 60.3 Å². The molecule has 0 bridgehead atoms. The van der Waals surface area contributed by atoms with E-state index in [2.05, 4.69) is 5.32 Å². The van der Waals surface area contributed by atoms with Gasteiger partial charge in [0.1, 0.15) is 17.4 Å². The smallest absolute Gasteiger partial charge is 0.262 e. The summed E-state index contributed by atoms with van der Waals surface area (Å²) < 4.78 is 33.6. The molecule has 1 amide bonds. The van der Waals surface area contributed by atoms with Crippen molar-refractivity contribution >= 4 is 22.4 Å². The van der Waals surface area contributed by atoms with E-state index >= 15 is 0 Å². The van der Waals surface area contributed by atoms with Crippen LogP contribution in [-0.4, -0.2) is 17.6 Å². The Labute approximate surface area is 170 Å². The molecule has 0 saturated carbocycles. The number of carbonyl (C=O) groups is 1. The summed E-state index contributed by atoms with van der Waals surface area (Å²) in [5, 5.41) is 3.20. The van der Waals surface area contributed by atoms with Crippen LogP contribution in [0.1, 0.15) is 10.4 Å². The summed E-state index contributed by atoms with van der Waals surface area (Å²) in [5.74, 6) is -1.64. The summed E-state index contributed by atoms with van der Waals surface area (Å²) in [6.45, 7) is 0.